The van der Waals surface area contributed by atoms with Crippen LogP contribution in [0.4, 0.5) is 10.5 Å². The maximum absolute atomic E-state index is 12.3. The molecule has 41 heavy (non-hydrogen) atoms. The fourth-order valence-corrected chi connectivity index (χ4v) is 4.63. The molecule has 0 bridgehead atoms. The van der Waals surface area contributed by atoms with Gasteiger partial charge in [-0.15, -0.1) is 0 Å². The third-order valence-corrected chi connectivity index (χ3v) is 6.72. The highest BCUT2D eigenvalue weighted by molar-refractivity contribution is 5.91. The summed E-state index contributed by atoms with van der Waals surface area (Å²) in [6, 6.07) is 20.4. The van der Waals surface area contributed by atoms with Gasteiger partial charge in [-0.3, -0.25) is 9.78 Å². The molecule has 3 atom stereocenters. The van der Waals surface area contributed by atoms with Crippen molar-refractivity contribution in [2.24, 2.45) is 0 Å². The number of likely N-dealkylation sites (N-methyl/N-ethyl adjacent to an activating group) is 1. The van der Waals surface area contributed by atoms with Crippen LogP contribution in [0.3, 0.4) is 0 Å². The van der Waals surface area contributed by atoms with Crippen LogP contribution in [0.25, 0.3) is 0 Å². The molecule has 218 valence electrons. The van der Waals surface area contributed by atoms with E-state index < -0.39 is 18.3 Å². The van der Waals surface area contributed by atoms with Crippen molar-refractivity contribution in [3.8, 4) is 0 Å². The Kier molecular flexibility index (Phi) is 11.2. The van der Waals surface area contributed by atoms with Crippen LogP contribution >= 0.6 is 0 Å². The van der Waals surface area contributed by atoms with Gasteiger partial charge in [0.15, 0.2) is 6.29 Å². The highest BCUT2D eigenvalue weighted by Gasteiger charge is 2.33. The van der Waals surface area contributed by atoms with Crippen molar-refractivity contribution in [2.45, 2.75) is 44.9 Å². The number of aromatic nitrogens is 1. The van der Waals surface area contributed by atoms with E-state index in [2.05, 4.69) is 27.6 Å². The largest absolute Gasteiger partial charge is 0.465 e. The van der Waals surface area contributed by atoms with Gasteiger partial charge in [0.2, 0.25) is 0 Å². The Balaban J connectivity index is 1.45. The molecule has 2 heterocycles. The fraction of sp³-hybridized carbons (Fsp3) is 0.387. The number of hydrogen-bond acceptors (Lipinski definition) is 8. The van der Waals surface area contributed by atoms with E-state index in [4.69, 9.17) is 14.2 Å². The molecule has 0 spiro atoms. The first kappa shape index (κ1) is 30.1. The third-order valence-electron chi connectivity index (χ3n) is 6.72. The van der Waals surface area contributed by atoms with E-state index in [1.807, 2.05) is 54.6 Å². The first-order valence-electron chi connectivity index (χ1n) is 13.8. The summed E-state index contributed by atoms with van der Waals surface area (Å²) < 4.78 is 17.7. The molecule has 1 fully saturated rings. The number of aliphatic hydroxyl groups excluding tert-OH is 1. The molecule has 0 aliphatic carbocycles. The van der Waals surface area contributed by atoms with Crippen molar-refractivity contribution < 1.29 is 28.9 Å². The van der Waals surface area contributed by atoms with Crippen molar-refractivity contribution in [1.82, 2.24) is 15.2 Å². The number of nitrogens with zero attached hydrogens (tertiary/aromatic N) is 2. The number of aliphatic hydroxyl groups is 1. The molecule has 2 amide bonds. The molecule has 1 saturated heterocycles. The van der Waals surface area contributed by atoms with Gasteiger partial charge < -0.3 is 34.9 Å². The van der Waals surface area contributed by atoms with Crippen LogP contribution in [0.1, 0.15) is 48.1 Å². The molecule has 1 aliphatic heterocycles. The third kappa shape index (κ3) is 9.36. The van der Waals surface area contributed by atoms with Gasteiger partial charge >= 0.3 is 12.0 Å². The average Bonchev–Trinajstić information content (AvgIpc) is 3.00. The van der Waals surface area contributed by atoms with Crippen LogP contribution in [-0.4, -0.2) is 66.4 Å². The zero-order valence-electron chi connectivity index (χ0n) is 23.5. The predicted octanol–water partition coefficient (Wildman–Crippen LogP) is 3.98. The zero-order valence-corrected chi connectivity index (χ0v) is 23.5. The average molecular weight is 563 g/mol. The quantitative estimate of drug-likeness (QED) is 0.284. The number of ether oxygens (including phenoxy) is 3. The second-order valence-corrected chi connectivity index (χ2v) is 9.92. The van der Waals surface area contributed by atoms with E-state index in [1.165, 1.54) is 0 Å². The molecule has 2 aromatic carbocycles. The molecule has 1 aromatic heterocycles. The van der Waals surface area contributed by atoms with E-state index in [9.17, 15) is 14.7 Å². The maximum atomic E-state index is 12.3. The van der Waals surface area contributed by atoms with E-state index >= 15 is 0 Å². The summed E-state index contributed by atoms with van der Waals surface area (Å²) in [7, 11) is 2.07. The number of benzene rings is 2. The number of carbonyl (C=O) groups is 2. The van der Waals surface area contributed by atoms with E-state index in [0.29, 0.717) is 18.7 Å². The van der Waals surface area contributed by atoms with Gasteiger partial charge in [-0.05, 0) is 49.4 Å². The summed E-state index contributed by atoms with van der Waals surface area (Å²) in [5.41, 5.74) is 4.18. The van der Waals surface area contributed by atoms with Crippen LogP contribution in [0.2, 0.25) is 0 Å². The van der Waals surface area contributed by atoms with Gasteiger partial charge in [-0.25, -0.2) is 4.79 Å². The lowest BCUT2D eigenvalue weighted by Gasteiger charge is -2.38. The molecule has 0 unspecified atom stereocenters. The van der Waals surface area contributed by atoms with Crippen molar-refractivity contribution in [1.29, 1.82) is 0 Å². The number of hydrogen-bond donors (Lipinski definition) is 3. The van der Waals surface area contributed by atoms with Gasteiger partial charge in [0, 0.05) is 49.1 Å². The van der Waals surface area contributed by atoms with Gasteiger partial charge in [-0.2, -0.15) is 0 Å². The number of amides is 2. The van der Waals surface area contributed by atoms with Crippen molar-refractivity contribution >= 4 is 17.7 Å². The Morgan fingerprint density at radius 1 is 1.07 bits per heavy atom. The molecule has 3 aromatic rings. The Morgan fingerprint density at radius 3 is 2.63 bits per heavy atom. The topological polar surface area (TPSA) is 122 Å². The predicted molar refractivity (Wildman–Crippen MR) is 154 cm³/mol. The van der Waals surface area contributed by atoms with Crippen LogP contribution < -0.4 is 10.6 Å². The number of pyridine rings is 1. The minimum Gasteiger partial charge on any atom is -0.465 e. The number of nitrogens with one attached hydrogen (secondary N) is 2. The molecular weight excluding hydrogens is 524 g/mol. The number of anilines is 1. The highest BCUT2D eigenvalue weighted by Crippen LogP contribution is 2.38. The second kappa shape index (κ2) is 15.2. The standard InChI is InChI=1S/C31H38N4O6/c1-3-39-29(37)19-33-31(38)34-26-9-6-7-24(17-26)30-40-27(20-35(2)16-14-25-8-4-5-15-32-25)18-28(41-30)23-12-10-22(21-36)11-13-23/h4-13,15,17,27-28,30,36H,3,14,16,18-21H2,1-2H3,(H2,33,34,38)/t27-,28+,30+/m0/s1. The minimum absolute atomic E-state index is 0.0195. The molecular formula is C31H38N4O6. The second-order valence-electron chi connectivity index (χ2n) is 9.92. The van der Waals surface area contributed by atoms with Crippen molar-refractivity contribution in [2.75, 3.05) is 38.6 Å². The van der Waals surface area contributed by atoms with Gasteiger partial charge in [0.05, 0.1) is 25.4 Å². The van der Waals surface area contributed by atoms with Crippen molar-refractivity contribution in [3.63, 3.8) is 0 Å². The number of carbonyl (C=O) groups excluding carboxylic acids is 2. The summed E-state index contributed by atoms with van der Waals surface area (Å²) in [5, 5.41) is 14.7. The van der Waals surface area contributed by atoms with Gasteiger partial charge in [0.1, 0.15) is 6.54 Å². The van der Waals surface area contributed by atoms with E-state index in [0.717, 1.165) is 35.3 Å². The first-order valence-corrected chi connectivity index (χ1v) is 13.8. The fourth-order valence-electron chi connectivity index (χ4n) is 4.63. The summed E-state index contributed by atoms with van der Waals surface area (Å²) >= 11 is 0. The number of rotatable bonds is 12. The smallest absolute Gasteiger partial charge is 0.325 e. The summed E-state index contributed by atoms with van der Waals surface area (Å²) in [4.78, 5) is 30.5. The lowest BCUT2D eigenvalue weighted by Crippen LogP contribution is -2.38. The van der Waals surface area contributed by atoms with Crippen LogP contribution in [-0.2, 0) is 32.0 Å². The zero-order chi connectivity index (χ0) is 29.0. The molecule has 0 radical (unpaired) electrons. The Labute approximate surface area is 240 Å². The highest BCUT2D eigenvalue weighted by atomic mass is 16.7. The summed E-state index contributed by atoms with van der Waals surface area (Å²) in [5.74, 6) is -0.505. The van der Waals surface area contributed by atoms with Crippen LogP contribution in [0.5, 0.6) is 0 Å². The summed E-state index contributed by atoms with van der Waals surface area (Å²) in [6.07, 6.45) is 2.31. The minimum atomic E-state index is -0.662. The maximum Gasteiger partial charge on any atom is 0.325 e. The van der Waals surface area contributed by atoms with Gasteiger partial charge in [-0.1, -0.05) is 42.5 Å². The Bertz CT molecular complexity index is 1260. The van der Waals surface area contributed by atoms with Crippen LogP contribution in [0, 0.1) is 0 Å². The number of urea groups is 1. The molecule has 4 rings (SSSR count). The summed E-state index contributed by atoms with van der Waals surface area (Å²) in [6.45, 7) is 3.25. The van der Waals surface area contributed by atoms with E-state index in [-0.39, 0.29) is 32.0 Å². The molecule has 3 N–H and O–H groups in total. The lowest BCUT2D eigenvalue weighted by atomic mass is 9.99. The molecule has 10 heteroatoms. The van der Waals surface area contributed by atoms with Crippen molar-refractivity contribution in [3.05, 3.63) is 95.3 Å². The Morgan fingerprint density at radius 2 is 1.90 bits per heavy atom. The lowest BCUT2D eigenvalue weighted by molar-refractivity contribution is -0.252. The normalized spacial score (nSPS) is 18.6. The van der Waals surface area contributed by atoms with Crippen LogP contribution in [0.15, 0.2) is 72.9 Å². The molecule has 10 nitrogen and oxygen atoms in total. The first-order chi connectivity index (χ1) is 19.9. The monoisotopic (exact) mass is 562 g/mol. The molecule has 0 saturated carbocycles. The van der Waals surface area contributed by atoms with Gasteiger partial charge in [0.25, 0.3) is 0 Å². The number of esters is 1. The molecule has 1 aliphatic rings. The van der Waals surface area contributed by atoms with E-state index in [1.54, 1.807) is 25.3 Å². The SMILES string of the molecule is CCOC(=O)CNC(=O)Nc1cccc([C@@H]2O[C@H](CN(C)CCc3ccccn3)C[C@H](c3ccc(CO)cc3)O2)c1. The Hall–Kier alpha value is -3.83.